The monoisotopic (exact) mass is 294 g/mol. The van der Waals surface area contributed by atoms with Crippen LogP contribution in [0.3, 0.4) is 0 Å². The van der Waals surface area contributed by atoms with Gasteiger partial charge in [-0.15, -0.1) is 0 Å². The van der Waals surface area contributed by atoms with Crippen LogP contribution in [-0.4, -0.2) is 16.2 Å². The van der Waals surface area contributed by atoms with Gasteiger partial charge < -0.3 is 5.32 Å². The van der Waals surface area contributed by atoms with Crippen molar-refractivity contribution in [1.29, 1.82) is 0 Å². The number of nitrogens with zero attached hydrogens (tertiary/aromatic N) is 1. The summed E-state index contributed by atoms with van der Waals surface area (Å²) >= 11 is 3.41. The summed E-state index contributed by atoms with van der Waals surface area (Å²) in [6, 6.07) is 6.99. The number of aromatic nitrogens is 2. The van der Waals surface area contributed by atoms with Crippen LogP contribution in [0.4, 0.5) is 16.3 Å². The van der Waals surface area contributed by atoms with Gasteiger partial charge in [0.15, 0.2) is 0 Å². The minimum absolute atomic E-state index is 0.310. The largest absolute Gasteiger partial charge is 0.324 e. The minimum atomic E-state index is -0.310. The molecular weight excluding hydrogens is 284 g/mol. The first-order chi connectivity index (χ1) is 8.16. The SMILES string of the molecule is Cc1c(Br)cccc1NC(=O)Nc1ccn[nH]1. The van der Waals surface area contributed by atoms with Crippen LogP contribution < -0.4 is 10.6 Å². The summed E-state index contributed by atoms with van der Waals surface area (Å²) in [6.45, 7) is 1.93. The van der Waals surface area contributed by atoms with Gasteiger partial charge in [-0.3, -0.25) is 10.4 Å². The first-order valence-corrected chi connectivity index (χ1v) is 5.78. The number of hydrogen-bond acceptors (Lipinski definition) is 2. The molecule has 2 amide bonds. The number of anilines is 2. The highest BCUT2D eigenvalue weighted by Gasteiger charge is 2.06. The van der Waals surface area contributed by atoms with Crippen LogP contribution in [0, 0.1) is 6.92 Å². The van der Waals surface area contributed by atoms with Crippen molar-refractivity contribution in [1.82, 2.24) is 10.2 Å². The first kappa shape index (κ1) is 11.7. The molecule has 88 valence electrons. The van der Waals surface area contributed by atoms with Gasteiger partial charge in [-0.05, 0) is 24.6 Å². The Hall–Kier alpha value is -1.82. The van der Waals surface area contributed by atoms with Crippen molar-refractivity contribution < 1.29 is 4.79 Å². The smallest absolute Gasteiger partial charge is 0.307 e. The quantitative estimate of drug-likeness (QED) is 0.796. The van der Waals surface area contributed by atoms with E-state index in [1.54, 1.807) is 12.3 Å². The van der Waals surface area contributed by atoms with E-state index in [1.807, 2.05) is 25.1 Å². The van der Waals surface area contributed by atoms with E-state index >= 15 is 0 Å². The summed E-state index contributed by atoms with van der Waals surface area (Å²) in [5.41, 5.74) is 1.74. The lowest BCUT2D eigenvalue weighted by Gasteiger charge is -2.09. The van der Waals surface area contributed by atoms with E-state index < -0.39 is 0 Å². The topological polar surface area (TPSA) is 69.8 Å². The maximum Gasteiger partial charge on any atom is 0.324 e. The first-order valence-electron chi connectivity index (χ1n) is 4.99. The lowest BCUT2D eigenvalue weighted by molar-refractivity contribution is 0.262. The van der Waals surface area contributed by atoms with E-state index in [2.05, 4.69) is 36.8 Å². The maximum atomic E-state index is 11.7. The van der Waals surface area contributed by atoms with Gasteiger partial charge in [0.1, 0.15) is 5.82 Å². The molecule has 0 aliphatic rings. The normalized spacial score (nSPS) is 10.0. The van der Waals surface area contributed by atoms with E-state index in [0.717, 1.165) is 15.7 Å². The number of H-pyrrole nitrogens is 1. The van der Waals surface area contributed by atoms with Crippen molar-refractivity contribution >= 4 is 33.5 Å². The van der Waals surface area contributed by atoms with Gasteiger partial charge in [0, 0.05) is 16.2 Å². The maximum absolute atomic E-state index is 11.7. The van der Waals surface area contributed by atoms with Gasteiger partial charge in [0.25, 0.3) is 0 Å². The molecule has 0 aliphatic carbocycles. The molecule has 1 aromatic carbocycles. The van der Waals surface area contributed by atoms with Crippen LogP contribution >= 0.6 is 15.9 Å². The molecule has 2 aromatic rings. The summed E-state index contributed by atoms with van der Waals surface area (Å²) in [4.78, 5) is 11.7. The summed E-state index contributed by atoms with van der Waals surface area (Å²) in [6.07, 6.45) is 1.57. The van der Waals surface area contributed by atoms with Gasteiger partial charge >= 0.3 is 6.03 Å². The molecule has 17 heavy (non-hydrogen) atoms. The van der Waals surface area contributed by atoms with Crippen LogP contribution in [-0.2, 0) is 0 Å². The van der Waals surface area contributed by atoms with Crippen LogP contribution in [0.15, 0.2) is 34.9 Å². The minimum Gasteiger partial charge on any atom is -0.307 e. The average molecular weight is 295 g/mol. The lowest BCUT2D eigenvalue weighted by Crippen LogP contribution is -2.20. The number of amides is 2. The predicted molar refractivity (Wildman–Crippen MR) is 70.1 cm³/mol. The highest BCUT2D eigenvalue weighted by atomic mass is 79.9. The standard InChI is InChI=1S/C11H11BrN4O/c1-7-8(12)3-2-4-9(7)14-11(17)15-10-5-6-13-16-10/h2-6H,1H3,(H3,13,14,15,16,17). The Morgan fingerprint density at radius 2 is 2.18 bits per heavy atom. The van der Waals surface area contributed by atoms with Crippen molar-refractivity contribution in [3.8, 4) is 0 Å². The summed E-state index contributed by atoms with van der Waals surface area (Å²) in [5, 5.41) is 11.8. The molecule has 0 aliphatic heterocycles. The Kier molecular flexibility index (Phi) is 3.43. The molecule has 0 radical (unpaired) electrons. The number of halogens is 1. The molecule has 3 N–H and O–H groups in total. The van der Waals surface area contributed by atoms with Crippen LogP contribution in [0.1, 0.15) is 5.56 Å². The Morgan fingerprint density at radius 1 is 1.35 bits per heavy atom. The second-order valence-corrected chi connectivity index (χ2v) is 4.32. The number of carbonyl (C=O) groups is 1. The molecule has 0 fully saturated rings. The zero-order valence-electron chi connectivity index (χ0n) is 9.12. The number of benzene rings is 1. The van der Waals surface area contributed by atoms with Crippen molar-refractivity contribution in [3.63, 3.8) is 0 Å². The summed E-state index contributed by atoms with van der Waals surface area (Å²) < 4.78 is 0.955. The van der Waals surface area contributed by atoms with Crippen LogP contribution in [0.5, 0.6) is 0 Å². The number of nitrogens with one attached hydrogen (secondary N) is 3. The number of rotatable bonds is 2. The lowest BCUT2D eigenvalue weighted by atomic mass is 10.2. The van der Waals surface area contributed by atoms with E-state index in [0.29, 0.717) is 5.82 Å². The molecule has 0 saturated heterocycles. The zero-order chi connectivity index (χ0) is 12.3. The molecule has 0 saturated carbocycles. The number of urea groups is 1. The third-order valence-corrected chi connectivity index (χ3v) is 3.12. The van der Waals surface area contributed by atoms with E-state index in [-0.39, 0.29) is 6.03 Å². The fraction of sp³-hybridized carbons (Fsp3) is 0.0909. The fourth-order valence-corrected chi connectivity index (χ4v) is 1.71. The van der Waals surface area contributed by atoms with Gasteiger partial charge in [0.2, 0.25) is 0 Å². The Morgan fingerprint density at radius 3 is 2.88 bits per heavy atom. The Balaban J connectivity index is 2.06. The number of carbonyl (C=O) groups excluding carboxylic acids is 1. The molecule has 5 nitrogen and oxygen atoms in total. The second-order valence-electron chi connectivity index (χ2n) is 3.46. The zero-order valence-corrected chi connectivity index (χ0v) is 10.7. The Bertz CT molecular complexity index is 524. The van der Waals surface area contributed by atoms with Crippen molar-refractivity contribution in [2.45, 2.75) is 6.92 Å². The van der Waals surface area contributed by atoms with Crippen LogP contribution in [0.25, 0.3) is 0 Å². The fourth-order valence-electron chi connectivity index (χ4n) is 1.34. The van der Waals surface area contributed by atoms with E-state index in [9.17, 15) is 4.79 Å². The van der Waals surface area contributed by atoms with E-state index in [1.165, 1.54) is 0 Å². The third kappa shape index (κ3) is 2.85. The molecule has 1 aromatic heterocycles. The molecule has 6 heteroatoms. The molecular formula is C11H11BrN4O. The highest BCUT2D eigenvalue weighted by Crippen LogP contribution is 2.23. The molecule has 2 rings (SSSR count). The average Bonchev–Trinajstić information content (AvgIpc) is 2.77. The van der Waals surface area contributed by atoms with Crippen molar-refractivity contribution in [2.24, 2.45) is 0 Å². The number of hydrogen-bond donors (Lipinski definition) is 3. The van der Waals surface area contributed by atoms with Crippen molar-refractivity contribution in [2.75, 3.05) is 10.6 Å². The van der Waals surface area contributed by atoms with Gasteiger partial charge in [-0.25, -0.2) is 4.79 Å². The summed E-state index contributed by atoms with van der Waals surface area (Å²) in [7, 11) is 0. The number of aromatic amines is 1. The van der Waals surface area contributed by atoms with E-state index in [4.69, 9.17) is 0 Å². The predicted octanol–water partition coefficient (Wildman–Crippen LogP) is 3.12. The highest BCUT2D eigenvalue weighted by molar-refractivity contribution is 9.10. The van der Waals surface area contributed by atoms with Gasteiger partial charge in [-0.2, -0.15) is 5.10 Å². The second kappa shape index (κ2) is 5.01. The summed E-state index contributed by atoms with van der Waals surface area (Å²) in [5.74, 6) is 0.551. The molecule has 1 heterocycles. The third-order valence-electron chi connectivity index (χ3n) is 2.26. The van der Waals surface area contributed by atoms with Gasteiger partial charge in [-0.1, -0.05) is 22.0 Å². The van der Waals surface area contributed by atoms with Crippen LogP contribution in [0.2, 0.25) is 0 Å². The Labute approximate surface area is 107 Å². The molecule has 0 bridgehead atoms. The van der Waals surface area contributed by atoms with Crippen molar-refractivity contribution in [3.05, 3.63) is 40.5 Å². The van der Waals surface area contributed by atoms with Gasteiger partial charge in [0.05, 0.1) is 6.20 Å². The molecule has 0 unspecified atom stereocenters. The molecule has 0 spiro atoms. The molecule has 0 atom stereocenters.